The minimum atomic E-state index is 0.946. The van der Waals surface area contributed by atoms with Crippen LogP contribution in [0.15, 0.2) is 0 Å². The standard InChI is InChI=1S/C31H64/c1-5-7-9-11-13-15-16-17-18-19-20-22-24-26-28-31(4)29-30(3)27-25-23-21-14-12-10-8-6-2/h30-31H,5-29H2,1-4H3. The fourth-order valence-corrected chi connectivity index (χ4v) is 5.24. The van der Waals surface area contributed by atoms with Crippen molar-refractivity contribution in [2.24, 2.45) is 11.8 Å². The summed E-state index contributed by atoms with van der Waals surface area (Å²) in [4.78, 5) is 0. The summed E-state index contributed by atoms with van der Waals surface area (Å²) in [5.74, 6) is 1.89. The van der Waals surface area contributed by atoms with Crippen LogP contribution in [0.1, 0.15) is 188 Å². The van der Waals surface area contributed by atoms with Gasteiger partial charge >= 0.3 is 0 Å². The van der Waals surface area contributed by atoms with Crippen molar-refractivity contribution in [1.29, 1.82) is 0 Å². The molecular formula is C31H64. The zero-order valence-electron chi connectivity index (χ0n) is 22.8. The van der Waals surface area contributed by atoms with Crippen molar-refractivity contribution in [3.8, 4) is 0 Å². The van der Waals surface area contributed by atoms with Gasteiger partial charge in [0.1, 0.15) is 0 Å². The maximum atomic E-state index is 2.51. The van der Waals surface area contributed by atoms with Crippen LogP contribution in [0.3, 0.4) is 0 Å². The highest BCUT2D eigenvalue weighted by Crippen LogP contribution is 2.23. The van der Waals surface area contributed by atoms with Crippen molar-refractivity contribution in [1.82, 2.24) is 0 Å². The maximum Gasteiger partial charge on any atom is -0.0440 e. The fraction of sp³-hybridized carbons (Fsp3) is 1.00. The number of rotatable bonds is 26. The lowest BCUT2D eigenvalue weighted by atomic mass is 9.89. The topological polar surface area (TPSA) is 0 Å². The second kappa shape index (κ2) is 26.3. The van der Waals surface area contributed by atoms with E-state index >= 15 is 0 Å². The first-order chi connectivity index (χ1) is 15.2. The minimum absolute atomic E-state index is 0.946. The Balaban J connectivity index is 3.27. The Morgan fingerprint density at radius 3 is 0.806 bits per heavy atom. The van der Waals surface area contributed by atoms with Gasteiger partial charge in [0.25, 0.3) is 0 Å². The first-order valence-electron chi connectivity index (χ1n) is 15.2. The third-order valence-corrected chi connectivity index (χ3v) is 7.41. The molecule has 0 aliphatic carbocycles. The molecule has 0 aromatic heterocycles. The summed E-state index contributed by atoms with van der Waals surface area (Å²) < 4.78 is 0. The number of unbranched alkanes of at least 4 members (excludes halogenated alkanes) is 20. The Morgan fingerprint density at radius 2 is 0.548 bits per heavy atom. The molecule has 0 fully saturated rings. The monoisotopic (exact) mass is 437 g/mol. The third kappa shape index (κ3) is 26.1. The van der Waals surface area contributed by atoms with Crippen molar-refractivity contribution in [2.75, 3.05) is 0 Å². The normalized spacial score (nSPS) is 13.5. The molecule has 0 heterocycles. The van der Waals surface area contributed by atoms with E-state index in [-0.39, 0.29) is 0 Å². The van der Waals surface area contributed by atoms with Gasteiger partial charge in [-0.25, -0.2) is 0 Å². The van der Waals surface area contributed by atoms with E-state index in [0.717, 1.165) is 11.8 Å². The van der Waals surface area contributed by atoms with Gasteiger partial charge in [0.2, 0.25) is 0 Å². The van der Waals surface area contributed by atoms with Crippen molar-refractivity contribution in [3.05, 3.63) is 0 Å². The van der Waals surface area contributed by atoms with E-state index in [9.17, 15) is 0 Å². The van der Waals surface area contributed by atoms with E-state index in [4.69, 9.17) is 0 Å². The number of hydrogen-bond donors (Lipinski definition) is 0. The molecule has 0 radical (unpaired) electrons. The maximum absolute atomic E-state index is 2.51. The first kappa shape index (κ1) is 31.0. The summed E-state index contributed by atoms with van der Waals surface area (Å²) in [5, 5.41) is 0. The molecular weight excluding hydrogens is 372 g/mol. The van der Waals surface area contributed by atoms with Crippen LogP contribution >= 0.6 is 0 Å². The van der Waals surface area contributed by atoms with Crippen LogP contribution in [0.5, 0.6) is 0 Å². The van der Waals surface area contributed by atoms with E-state index in [1.54, 1.807) is 0 Å². The first-order valence-corrected chi connectivity index (χ1v) is 15.2. The molecule has 0 amide bonds. The molecule has 0 spiro atoms. The Bertz CT molecular complexity index is 307. The molecule has 0 saturated heterocycles. The van der Waals surface area contributed by atoms with Crippen LogP contribution in [-0.2, 0) is 0 Å². The van der Waals surface area contributed by atoms with Gasteiger partial charge in [0.15, 0.2) is 0 Å². The van der Waals surface area contributed by atoms with Gasteiger partial charge in [-0.15, -0.1) is 0 Å². The second-order valence-corrected chi connectivity index (χ2v) is 11.1. The lowest BCUT2D eigenvalue weighted by Gasteiger charge is -2.17. The molecule has 2 unspecified atom stereocenters. The summed E-state index contributed by atoms with van der Waals surface area (Å²) in [7, 11) is 0. The lowest BCUT2D eigenvalue weighted by molar-refractivity contribution is 0.356. The molecule has 0 N–H and O–H groups in total. The Labute approximate surface area is 200 Å². The van der Waals surface area contributed by atoms with Gasteiger partial charge < -0.3 is 0 Å². The van der Waals surface area contributed by atoms with Crippen LogP contribution in [0.2, 0.25) is 0 Å². The SMILES string of the molecule is CCCCCCCCCCCCCCCCC(C)CC(C)CCCCCCCCCC. The van der Waals surface area contributed by atoms with Gasteiger partial charge in [0, 0.05) is 0 Å². The summed E-state index contributed by atoms with van der Waals surface area (Å²) in [5.41, 5.74) is 0. The fourth-order valence-electron chi connectivity index (χ4n) is 5.24. The summed E-state index contributed by atoms with van der Waals surface area (Å²) in [6.45, 7) is 9.62. The van der Waals surface area contributed by atoms with Crippen molar-refractivity contribution in [2.45, 2.75) is 188 Å². The quantitative estimate of drug-likeness (QED) is 0.118. The van der Waals surface area contributed by atoms with Crippen LogP contribution < -0.4 is 0 Å². The molecule has 0 rings (SSSR count). The molecule has 188 valence electrons. The average molecular weight is 437 g/mol. The van der Waals surface area contributed by atoms with Crippen LogP contribution in [0.25, 0.3) is 0 Å². The summed E-state index contributed by atoms with van der Waals surface area (Å²) in [6.07, 6.45) is 36.7. The van der Waals surface area contributed by atoms with E-state index in [0.29, 0.717) is 0 Å². The Morgan fingerprint density at radius 1 is 0.323 bits per heavy atom. The van der Waals surface area contributed by atoms with Crippen LogP contribution in [0.4, 0.5) is 0 Å². The highest BCUT2D eigenvalue weighted by Gasteiger charge is 2.08. The van der Waals surface area contributed by atoms with E-state index in [2.05, 4.69) is 27.7 Å². The molecule has 0 nitrogen and oxygen atoms in total. The molecule has 0 saturated carbocycles. The van der Waals surface area contributed by atoms with Gasteiger partial charge in [0.05, 0.1) is 0 Å². The molecule has 0 aliphatic heterocycles. The van der Waals surface area contributed by atoms with Crippen molar-refractivity contribution in [3.63, 3.8) is 0 Å². The smallest absolute Gasteiger partial charge is 0.0440 e. The lowest BCUT2D eigenvalue weighted by Crippen LogP contribution is -2.03. The van der Waals surface area contributed by atoms with E-state index < -0.39 is 0 Å². The van der Waals surface area contributed by atoms with Gasteiger partial charge in [-0.3, -0.25) is 0 Å². The molecule has 0 bridgehead atoms. The van der Waals surface area contributed by atoms with Crippen molar-refractivity contribution >= 4 is 0 Å². The van der Waals surface area contributed by atoms with Crippen molar-refractivity contribution < 1.29 is 0 Å². The molecule has 0 aliphatic rings. The largest absolute Gasteiger partial charge is 0.0654 e. The third-order valence-electron chi connectivity index (χ3n) is 7.41. The van der Waals surface area contributed by atoms with Gasteiger partial charge in [-0.2, -0.15) is 0 Å². The predicted octanol–water partition coefficient (Wildman–Crippen LogP) is 12.1. The number of hydrogen-bond acceptors (Lipinski definition) is 0. The average Bonchev–Trinajstić information content (AvgIpc) is 2.75. The Kier molecular flexibility index (Phi) is 26.3. The zero-order valence-corrected chi connectivity index (χ0v) is 22.8. The second-order valence-electron chi connectivity index (χ2n) is 11.1. The molecule has 31 heavy (non-hydrogen) atoms. The van der Waals surface area contributed by atoms with Crippen LogP contribution in [-0.4, -0.2) is 0 Å². The Hall–Kier alpha value is 0. The zero-order chi connectivity index (χ0) is 22.8. The molecule has 0 heteroatoms. The summed E-state index contributed by atoms with van der Waals surface area (Å²) in [6, 6.07) is 0. The van der Waals surface area contributed by atoms with E-state index in [1.807, 2.05) is 0 Å². The van der Waals surface area contributed by atoms with E-state index in [1.165, 1.54) is 161 Å². The van der Waals surface area contributed by atoms with Gasteiger partial charge in [-0.05, 0) is 18.3 Å². The molecule has 0 aromatic carbocycles. The minimum Gasteiger partial charge on any atom is -0.0654 e. The van der Waals surface area contributed by atoms with Crippen LogP contribution in [0, 0.1) is 11.8 Å². The van der Waals surface area contributed by atoms with Gasteiger partial charge in [-0.1, -0.05) is 182 Å². The molecule has 2 atom stereocenters. The summed E-state index contributed by atoms with van der Waals surface area (Å²) >= 11 is 0. The predicted molar refractivity (Wildman–Crippen MR) is 145 cm³/mol. The highest BCUT2D eigenvalue weighted by molar-refractivity contribution is 4.61. The highest BCUT2D eigenvalue weighted by atomic mass is 14.1. The molecule has 0 aromatic rings.